The molecule has 2 radical (unpaired) electrons. The zero-order chi connectivity index (χ0) is 10.2. The van der Waals surface area contributed by atoms with Crippen LogP contribution in [0, 0.1) is 13.8 Å². The van der Waals surface area contributed by atoms with Gasteiger partial charge in [-0.15, -0.1) is 0 Å². The molecule has 0 saturated carbocycles. The minimum absolute atomic E-state index is 0.144. The topological polar surface area (TPSA) is 39.1 Å². The fourth-order valence-electron chi connectivity index (χ4n) is 1.23. The lowest BCUT2D eigenvalue weighted by Gasteiger charge is -2.13. The Morgan fingerprint density at radius 2 is 1.85 bits per heavy atom. The number of pyridine rings is 1. The van der Waals surface area contributed by atoms with Crippen LogP contribution in [0.25, 0.3) is 0 Å². The maximum atomic E-state index is 11.4. The Bertz CT molecular complexity index is 421. The lowest BCUT2D eigenvalue weighted by Crippen LogP contribution is -2.35. The predicted molar refractivity (Wildman–Crippen MR) is 51.9 cm³/mol. The van der Waals surface area contributed by atoms with Crippen LogP contribution < -0.4 is 10.9 Å². The van der Waals surface area contributed by atoms with Gasteiger partial charge in [0, 0.05) is 18.4 Å². The fourth-order valence-corrected chi connectivity index (χ4v) is 1.23. The molecule has 1 rings (SSSR count). The highest BCUT2D eigenvalue weighted by atomic mass is 16.1. The Hall–Kier alpha value is -1.32. The highest BCUT2D eigenvalue weighted by Crippen LogP contribution is 2.00. The number of carbonyl (C=O) groups excluding carboxylic acids is 1. The maximum absolute atomic E-state index is 11.4. The highest BCUT2D eigenvalue weighted by Gasteiger charge is 2.10. The fraction of sp³-hybridized carbons (Fsp3) is 0.333. The molecule has 13 heavy (non-hydrogen) atoms. The van der Waals surface area contributed by atoms with Crippen LogP contribution in [0.2, 0.25) is 0 Å². The molecule has 1 aromatic rings. The predicted octanol–water partition coefficient (Wildman–Crippen LogP) is -0.392. The second-order valence-electron chi connectivity index (χ2n) is 3.00. The minimum Gasteiger partial charge on any atom is -0.352 e. The van der Waals surface area contributed by atoms with Crippen molar-refractivity contribution >= 4 is 19.6 Å². The Morgan fingerprint density at radius 1 is 1.31 bits per heavy atom. The van der Waals surface area contributed by atoms with Gasteiger partial charge in [0.15, 0.2) is 11.7 Å². The van der Waals surface area contributed by atoms with Crippen molar-refractivity contribution < 1.29 is 4.79 Å². The van der Waals surface area contributed by atoms with E-state index in [1.807, 2.05) is 0 Å². The molecular weight excluding hydrogens is 165 g/mol. The summed E-state index contributed by atoms with van der Waals surface area (Å²) in [6, 6.07) is 0. The van der Waals surface area contributed by atoms with Gasteiger partial charge in [-0.3, -0.25) is 9.59 Å². The van der Waals surface area contributed by atoms with Crippen LogP contribution in [0.15, 0.2) is 4.79 Å². The summed E-state index contributed by atoms with van der Waals surface area (Å²) in [6.07, 6.45) is 0.549. The standard InChI is InChI=1S/C9H10BNO2/c1-5-7(4-12)9(13)8(10)6(2)11(5)3/h4H,1-3H3. The summed E-state index contributed by atoms with van der Waals surface area (Å²) < 4.78 is 1.74. The molecule has 0 spiro atoms. The summed E-state index contributed by atoms with van der Waals surface area (Å²) in [7, 11) is 7.31. The third-order valence-electron chi connectivity index (χ3n) is 2.39. The van der Waals surface area contributed by atoms with E-state index in [0.29, 0.717) is 17.7 Å². The molecule has 0 atom stereocenters. The maximum Gasteiger partial charge on any atom is 0.185 e. The van der Waals surface area contributed by atoms with Gasteiger partial charge < -0.3 is 4.57 Å². The first-order chi connectivity index (χ1) is 6.00. The number of hydrogen-bond acceptors (Lipinski definition) is 2. The van der Waals surface area contributed by atoms with Gasteiger partial charge in [-0.05, 0) is 19.3 Å². The number of carbonyl (C=O) groups is 1. The quantitative estimate of drug-likeness (QED) is 0.430. The largest absolute Gasteiger partial charge is 0.352 e. The zero-order valence-electron chi connectivity index (χ0n) is 7.92. The van der Waals surface area contributed by atoms with Gasteiger partial charge >= 0.3 is 0 Å². The summed E-state index contributed by atoms with van der Waals surface area (Å²) in [4.78, 5) is 22.0. The molecule has 0 unspecified atom stereocenters. The SMILES string of the molecule is [B]c1c(C)n(C)c(C)c(C=O)c1=O. The Balaban J connectivity index is 3.77. The van der Waals surface area contributed by atoms with Gasteiger partial charge in [0.05, 0.1) is 5.56 Å². The summed E-state index contributed by atoms with van der Waals surface area (Å²) in [5, 5.41) is 0. The van der Waals surface area contributed by atoms with Crippen LogP contribution in [0.5, 0.6) is 0 Å². The lowest BCUT2D eigenvalue weighted by atomic mass is 9.91. The second kappa shape index (κ2) is 3.20. The van der Waals surface area contributed by atoms with Crippen molar-refractivity contribution in [3.63, 3.8) is 0 Å². The van der Waals surface area contributed by atoms with E-state index >= 15 is 0 Å². The number of hydrogen-bond donors (Lipinski definition) is 0. The molecule has 0 saturated heterocycles. The smallest absolute Gasteiger partial charge is 0.185 e. The van der Waals surface area contributed by atoms with E-state index < -0.39 is 0 Å². The first-order valence-corrected chi connectivity index (χ1v) is 3.91. The summed E-state index contributed by atoms with van der Waals surface area (Å²) in [6.45, 7) is 3.47. The van der Waals surface area contributed by atoms with Crippen molar-refractivity contribution in [2.24, 2.45) is 7.05 Å². The number of aldehydes is 1. The van der Waals surface area contributed by atoms with E-state index in [2.05, 4.69) is 0 Å². The molecule has 3 nitrogen and oxygen atoms in total. The van der Waals surface area contributed by atoms with E-state index in [1.54, 1.807) is 25.5 Å². The molecular formula is C9H10BNO2. The minimum atomic E-state index is -0.372. The van der Waals surface area contributed by atoms with Crippen LogP contribution in [-0.2, 0) is 7.05 Å². The molecule has 4 heteroatoms. The number of aromatic nitrogens is 1. The summed E-state index contributed by atoms with van der Waals surface area (Å²) in [5.74, 6) is 0. The molecule has 0 aliphatic rings. The molecule has 0 aliphatic carbocycles. The van der Waals surface area contributed by atoms with Crippen molar-refractivity contribution in [3.05, 3.63) is 27.2 Å². The van der Waals surface area contributed by atoms with E-state index in [1.165, 1.54) is 0 Å². The van der Waals surface area contributed by atoms with Crippen molar-refractivity contribution in [2.45, 2.75) is 13.8 Å². The molecule has 0 N–H and O–H groups in total. The molecule has 0 fully saturated rings. The van der Waals surface area contributed by atoms with Gasteiger partial charge in [0.25, 0.3) is 0 Å². The molecule has 1 heterocycles. The Morgan fingerprint density at radius 3 is 2.31 bits per heavy atom. The third kappa shape index (κ3) is 1.32. The second-order valence-corrected chi connectivity index (χ2v) is 3.00. The Labute approximate surface area is 77.8 Å². The summed E-state index contributed by atoms with van der Waals surface area (Å²) >= 11 is 0. The normalized spacial score (nSPS) is 10.1. The van der Waals surface area contributed by atoms with Crippen LogP contribution in [0.4, 0.5) is 0 Å². The van der Waals surface area contributed by atoms with Gasteiger partial charge in [-0.2, -0.15) is 0 Å². The van der Waals surface area contributed by atoms with E-state index in [4.69, 9.17) is 7.85 Å². The molecule has 0 amide bonds. The van der Waals surface area contributed by atoms with Crippen molar-refractivity contribution in [2.75, 3.05) is 0 Å². The van der Waals surface area contributed by atoms with E-state index in [9.17, 15) is 9.59 Å². The van der Waals surface area contributed by atoms with Crippen molar-refractivity contribution in [1.82, 2.24) is 4.57 Å². The van der Waals surface area contributed by atoms with Crippen LogP contribution in [-0.4, -0.2) is 18.7 Å². The van der Waals surface area contributed by atoms with E-state index in [-0.39, 0.29) is 16.5 Å². The first kappa shape index (κ1) is 9.77. The highest BCUT2D eigenvalue weighted by molar-refractivity contribution is 6.33. The molecule has 0 aromatic carbocycles. The number of nitrogens with zero attached hydrogens (tertiary/aromatic N) is 1. The molecule has 1 aromatic heterocycles. The van der Waals surface area contributed by atoms with E-state index in [0.717, 1.165) is 0 Å². The first-order valence-electron chi connectivity index (χ1n) is 3.91. The van der Waals surface area contributed by atoms with Gasteiger partial charge in [-0.25, -0.2) is 0 Å². The monoisotopic (exact) mass is 175 g/mol. The van der Waals surface area contributed by atoms with Crippen molar-refractivity contribution in [1.29, 1.82) is 0 Å². The molecule has 66 valence electrons. The molecule has 0 aliphatic heterocycles. The molecule has 0 bridgehead atoms. The van der Waals surface area contributed by atoms with Gasteiger partial charge in [0.2, 0.25) is 0 Å². The Kier molecular flexibility index (Phi) is 2.41. The van der Waals surface area contributed by atoms with Crippen LogP contribution in [0.1, 0.15) is 21.7 Å². The van der Waals surface area contributed by atoms with Crippen LogP contribution in [0.3, 0.4) is 0 Å². The van der Waals surface area contributed by atoms with Crippen LogP contribution >= 0.6 is 0 Å². The summed E-state index contributed by atoms with van der Waals surface area (Å²) in [5.41, 5.74) is 1.25. The third-order valence-corrected chi connectivity index (χ3v) is 2.39. The average Bonchev–Trinajstić information content (AvgIpc) is 2.13. The zero-order valence-corrected chi connectivity index (χ0v) is 7.92. The van der Waals surface area contributed by atoms with Gasteiger partial charge in [-0.1, -0.05) is 0 Å². The lowest BCUT2D eigenvalue weighted by molar-refractivity contribution is 0.112. The van der Waals surface area contributed by atoms with Crippen molar-refractivity contribution in [3.8, 4) is 0 Å². The average molecular weight is 175 g/mol. The number of rotatable bonds is 1. The van der Waals surface area contributed by atoms with Gasteiger partial charge in [0.1, 0.15) is 7.85 Å².